The van der Waals surface area contributed by atoms with E-state index in [0.717, 1.165) is 4.31 Å². The van der Waals surface area contributed by atoms with Crippen LogP contribution in [0.25, 0.3) is 0 Å². The zero-order chi connectivity index (χ0) is 14.8. The first-order chi connectivity index (χ1) is 9.48. The van der Waals surface area contributed by atoms with Crippen LogP contribution in [0, 0.1) is 0 Å². The van der Waals surface area contributed by atoms with Gasteiger partial charge in [0.25, 0.3) is 15.9 Å². The topological polar surface area (TPSA) is 83.6 Å². The molecule has 8 heteroatoms. The van der Waals surface area contributed by atoms with Crippen LogP contribution >= 0.6 is 11.6 Å². The Morgan fingerprint density at radius 1 is 1.30 bits per heavy atom. The number of nitrogens with zero attached hydrogens (tertiary/aromatic N) is 1. The number of fused-ring (bicyclic) bond motifs is 1. The van der Waals surface area contributed by atoms with Gasteiger partial charge in [-0.25, -0.2) is 12.7 Å². The van der Waals surface area contributed by atoms with E-state index in [4.69, 9.17) is 11.6 Å². The maximum absolute atomic E-state index is 12.2. The lowest BCUT2D eigenvalue weighted by atomic mass is 10.2. The van der Waals surface area contributed by atoms with Crippen LogP contribution in [0.1, 0.15) is 16.8 Å². The minimum Gasteiger partial charge on any atom is -0.355 e. The number of alkyl halides is 1. The van der Waals surface area contributed by atoms with Gasteiger partial charge in [0.15, 0.2) is 0 Å². The predicted octanol–water partition coefficient (Wildman–Crippen LogP) is 0.576. The minimum atomic E-state index is -3.83. The van der Waals surface area contributed by atoms with E-state index in [1.54, 1.807) is 12.1 Å². The summed E-state index contributed by atoms with van der Waals surface area (Å²) in [5, 5.41) is 2.52. The first kappa shape index (κ1) is 14.8. The first-order valence-corrected chi connectivity index (χ1v) is 7.94. The number of sulfonamides is 1. The molecule has 0 atom stereocenters. The normalized spacial score (nSPS) is 16.1. The lowest BCUT2D eigenvalue weighted by Crippen LogP contribution is -2.35. The van der Waals surface area contributed by atoms with Gasteiger partial charge in [-0.3, -0.25) is 9.59 Å². The molecule has 0 aliphatic carbocycles. The van der Waals surface area contributed by atoms with Crippen molar-refractivity contribution >= 4 is 33.4 Å². The molecule has 6 nitrogen and oxygen atoms in total. The van der Waals surface area contributed by atoms with E-state index in [1.807, 2.05) is 0 Å². The number of rotatable bonds is 5. The Morgan fingerprint density at radius 2 is 2.00 bits per heavy atom. The molecule has 0 saturated carbocycles. The average Bonchev–Trinajstić information content (AvgIpc) is 2.63. The Labute approximate surface area is 121 Å². The second kappa shape index (κ2) is 5.80. The molecule has 0 fully saturated rings. The van der Waals surface area contributed by atoms with Crippen molar-refractivity contribution in [3.8, 4) is 0 Å². The van der Waals surface area contributed by atoms with Gasteiger partial charge in [-0.1, -0.05) is 12.1 Å². The van der Waals surface area contributed by atoms with Gasteiger partial charge in [-0.05, 0) is 12.1 Å². The van der Waals surface area contributed by atoms with E-state index in [-0.39, 0.29) is 35.2 Å². The molecule has 0 saturated heterocycles. The molecule has 2 rings (SSSR count). The molecule has 108 valence electrons. The van der Waals surface area contributed by atoms with Crippen molar-refractivity contribution in [3.05, 3.63) is 29.8 Å². The van der Waals surface area contributed by atoms with Crippen molar-refractivity contribution < 1.29 is 18.0 Å². The van der Waals surface area contributed by atoms with Gasteiger partial charge < -0.3 is 5.32 Å². The van der Waals surface area contributed by atoms with Crippen LogP contribution in [0.4, 0.5) is 0 Å². The molecule has 1 aromatic carbocycles. The molecule has 0 radical (unpaired) electrons. The second-order valence-electron chi connectivity index (χ2n) is 4.17. The number of carbonyl (C=O) groups excluding carboxylic acids is 2. The fraction of sp³-hybridized carbons (Fsp3) is 0.333. The zero-order valence-corrected chi connectivity index (χ0v) is 12.1. The molecular formula is C12H13ClN2O4S. The third-order valence-electron chi connectivity index (χ3n) is 2.87. The van der Waals surface area contributed by atoms with Crippen molar-refractivity contribution in [2.75, 3.05) is 19.0 Å². The quantitative estimate of drug-likeness (QED) is 0.805. The smallest absolute Gasteiger partial charge is 0.269 e. The lowest BCUT2D eigenvalue weighted by molar-refractivity contribution is -0.121. The van der Waals surface area contributed by atoms with Gasteiger partial charge in [0.2, 0.25) is 5.91 Å². The van der Waals surface area contributed by atoms with E-state index in [1.165, 1.54) is 12.1 Å². The second-order valence-corrected chi connectivity index (χ2v) is 6.38. The van der Waals surface area contributed by atoms with Gasteiger partial charge in [-0.15, -0.1) is 11.6 Å². The van der Waals surface area contributed by atoms with Crippen LogP contribution in [0.3, 0.4) is 0 Å². The largest absolute Gasteiger partial charge is 0.355 e. The molecule has 0 spiro atoms. The van der Waals surface area contributed by atoms with E-state index in [2.05, 4.69) is 5.32 Å². The van der Waals surface area contributed by atoms with E-state index < -0.39 is 15.9 Å². The monoisotopic (exact) mass is 316 g/mol. The summed E-state index contributed by atoms with van der Waals surface area (Å²) in [5.41, 5.74) is 0.147. The molecule has 0 aromatic heterocycles. The van der Waals surface area contributed by atoms with Crippen LogP contribution < -0.4 is 5.32 Å². The van der Waals surface area contributed by atoms with Gasteiger partial charge in [0, 0.05) is 25.4 Å². The number of benzene rings is 1. The van der Waals surface area contributed by atoms with Gasteiger partial charge in [0.1, 0.15) is 4.90 Å². The van der Waals surface area contributed by atoms with Crippen molar-refractivity contribution in [2.24, 2.45) is 0 Å². The Hall–Kier alpha value is -1.60. The maximum Gasteiger partial charge on any atom is 0.269 e. The van der Waals surface area contributed by atoms with Crippen molar-refractivity contribution in [3.63, 3.8) is 0 Å². The number of nitrogens with one attached hydrogen (secondary N) is 1. The van der Waals surface area contributed by atoms with Crippen LogP contribution in [-0.2, 0) is 14.8 Å². The predicted molar refractivity (Wildman–Crippen MR) is 73.0 cm³/mol. The minimum absolute atomic E-state index is 0.00818. The van der Waals surface area contributed by atoms with E-state index >= 15 is 0 Å². The van der Waals surface area contributed by atoms with Crippen molar-refractivity contribution in [1.29, 1.82) is 0 Å². The summed E-state index contributed by atoms with van der Waals surface area (Å²) in [6.45, 7) is 0.130. The van der Waals surface area contributed by atoms with Crippen LogP contribution in [0.15, 0.2) is 29.2 Å². The molecule has 1 aliphatic rings. The Balaban J connectivity index is 2.12. The molecule has 1 heterocycles. The summed E-state index contributed by atoms with van der Waals surface area (Å²) < 4.78 is 25.1. The highest BCUT2D eigenvalue weighted by Gasteiger charge is 2.40. The molecule has 1 aliphatic heterocycles. The van der Waals surface area contributed by atoms with Gasteiger partial charge in [-0.2, -0.15) is 0 Å². The molecule has 1 aromatic rings. The fourth-order valence-electron chi connectivity index (χ4n) is 1.93. The average molecular weight is 317 g/mol. The summed E-state index contributed by atoms with van der Waals surface area (Å²) >= 11 is 5.43. The molecule has 0 bridgehead atoms. The Bertz CT molecular complexity index is 645. The van der Waals surface area contributed by atoms with E-state index in [9.17, 15) is 18.0 Å². The third kappa shape index (κ3) is 2.64. The Kier molecular flexibility index (Phi) is 4.29. The molecule has 1 N–H and O–H groups in total. The summed E-state index contributed by atoms with van der Waals surface area (Å²) in [4.78, 5) is 23.5. The fourth-order valence-corrected chi connectivity index (χ4v) is 3.59. The molecule has 0 unspecified atom stereocenters. The van der Waals surface area contributed by atoms with Gasteiger partial charge in [0.05, 0.1) is 5.56 Å². The van der Waals surface area contributed by atoms with E-state index in [0.29, 0.717) is 6.54 Å². The number of hydrogen-bond donors (Lipinski definition) is 1. The standard InChI is InChI=1S/C12H13ClN2O4S/c13-6-7-14-11(16)5-8-15-12(17)9-3-1-2-4-10(9)20(15,18)19/h1-4H,5-8H2,(H,14,16). The first-order valence-electron chi connectivity index (χ1n) is 5.97. The summed E-state index contributed by atoms with van der Waals surface area (Å²) in [6, 6.07) is 6.00. The van der Waals surface area contributed by atoms with Crippen LogP contribution in [0.2, 0.25) is 0 Å². The maximum atomic E-state index is 12.2. The lowest BCUT2D eigenvalue weighted by Gasteiger charge is -2.14. The van der Waals surface area contributed by atoms with Gasteiger partial charge >= 0.3 is 0 Å². The number of halogens is 1. The SMILES string of the molecule is O=C(CCN1C(=O)c2ccccc2S1(=O)=O)NCCCl. The zero-order valence-electron chi connectivity index (χ0n) is 10.5. The highest BCUT2D eigenvalue weighted by molar-refractivity contribution is 7.90. The summed E-state index contributed by atoms with van der Waals surface area (Å²) in [7, 11) is -3.83. The third-order valence-corrected chi connectivity index (χ3v) is 4.90. The van der Waals surface area contributed by atoms with Crippen LogP contribution in [-0.4, -0.2) is 43.5 Å². The summed E-state index contributed by atoms with van der Waals surface area (Å²) in [6.07, 6.45) is -0.0875. The molecule has 20 heavy (non-hydrogen) atoms. The van der Waals surface area contributed by atoms with Crippen molar-refractivity contribution in [2.45, 2.75) is 11.3 Å². The molecular weight excluding hydrogens is 304 g/mol. The van der Waals surface area contributed by atoms with Crippen molar-refractivity contribution in [1.82, 2.24) is 9.62 Å². The highest BCUT2D eigenvalue weighted by atomic mass is 35.5. The van der Waals surface area contributed by atoms with Crippen LogP contribution in [0.5, 0.6) is 0 Å². The molecule has 2 amide bonds. The number of hydrogen-bond acceptors (Lipinski definition) is 4. The Morgan fingerprint density at radius 3 is 2.65 bits per heavy atom. The highest BCUT2D eigenvalue weighted by Crippen LogP contribution is 2.29. The number of amides is 2. The number of carbonyl (C=O) groups is 2. The summed E-state index contributed by atoms with van der Waals surface area (Å²) in [5.74, 6) is -0.659.